The Kier molecular flexibility index (Phi) is 12.0. The zero-order chi connectivity index (χ0) is 25.9. The van der Waals surface area contributed by atoms with Crippen LogP contribution in [0.15, 0.2) is 30.6 Å². The second kappa shape index (κ2) is 13.9. The highest BCUT2D eigenvalue weighted by molar-refractivity contribution is 5.89. The number of pyridine rings is 1. The van der Waals surface area contributed by atoms with Gasteiger partial charge in [-0.1, -0.05) is 6.58 Å². The Bertz CT molecular complexity index is 817. The van der Waals surface area contributed by atoms with Gasteiger partial charge in [0.25, 0.3) is 0 Å². The van der Waals surface area contributed by atoms with Crippen molar-refractivity contribution >= 4 is 11.9 Å². The molecule has 1 atom stereocenters. The van der Waals surface area contributed by atoms with Crippen LogP contribution in [-0.4, -0.2) is 97.7 Å². The van der Waals surface area contributed by atoms with Crippen molar-refractivity contribution in [1.29, 1.82) is 0 Å². The van der Waals surface area contributed by atoms with E-state index >= 15 is 0 Å². The van der Waals surface area contributed by atoms with Crippen molar-refractivity contribution in [2.24, 2.45) is 0 Å². The summed E-state index contributed by atoms with van der Waals surface area (Å²) >= 11 is 0. The Balaban J connectivity index is 2.53. The Labute approximate surface area is 199 Å². The maximum Gasteiger partial charge on any atom is 0.471 e. The third kappa shape index (κ3) is 10.5. The number of likely N-dealkylation sites (N-methyl/N-ethyl adjacent to an activating group) is 2. The van der Waals surface area contributed by atoms with Crippen molar-refractivity contribution in [1.82, 2.24) is 25.0 Å². The number of aromatic nitrogens is 1. The fourth-order valence-electron chi connectivity index (χ4n) is 3.01. The smallest absolute Gasteiger partial charge is 0.459 e. The molecule has 1 rings (SSSR count). The number of hydrogen-bond donors (Lipinski definition) is 1. The zero-order valence-corrected chi connectivity index (χ0v) is 20.6. The van der Waals surface area contributed by atoms with Crippen molar-refractivity contribution < 1.29 is 27.5 Å². The Morgan fingerprint density at radius 2 is 1.88 bits per heavy atom. The van der Waals surface area contributed by atoms with Crippen molar-refractivity contribution in [2.45, 2.75) is 39.1 Å². The molecule has 1 unspecified atom stereocenters. The molecule has 11 heteroatoms. The van der Waals surface area contributed by atoms with Crippen LogP contribution >= 0.6 is 0 Å². The van der Waals surface area contributed by atoms with E-state index in [1.807, 2.05) is 14.1 Å². The molecule has 1 aromatic rings. The molecule has 0 bridgehead atoms. The molecule has 192 valence electrons. The Hall–Kier alpha value is -2.66. The Morgan fingerprint density at radius 1 is 1.21 bits per heavy atom. The van der Waals surface area contributed by atoms with Gasteiger partial charge in [-0.25, -0.2) is 4.79 Å². The minimum Gasteiger partial charge on any atom is -0.459 e. The number of carbonyl (C=O) groups excluding carboxylic acids is 2. The van der Waals surface area contributed by atoms with E-state index < -0.39 is 24.2 Å². The largest absolute Gasteiger partial charge is 0.471 e. The highest BCUT2D eigenvalue weighted by atomic mass is 19.4. The van der Waals surface area contributed by atoms with Crippen molar-refractivity contribution in [2.75, 3.05) is 53.9 Å². The first-order chi connectivity index (χ1) is 15.8. The molecule has 0 aliphatic heterocycles. The number of nitrogens with zero attached hydrogens (tertiary/aromatic N) is 4. The normalized spacial score (nSPS) is 12.4. The van der Waals surface area contributed by atoms with Crippen molar-refractivity contribution in [3.63, 3.8) is 0 Å². The molecule has 1 amide bonds. The maximum absolute atomic E-state index is 12.5. The molecule has 0 saturated carbocycles. The molecule has 0 radical (unpaired) electrons. The number of halogens is 3. The van der Waals surface area contributed by atoms with Gasteiger partial charge in [0, 0.05) is 64.6 Å². The van der Waals surface area contributed by atoms with E-state index in [1.54, 1.807) is 13.0 Å². The van der Waals surface area contributed by atoms with Gasteiger partial charge in [-0.2, -0.15) is 13.2 Å². The molecule has 0 saturated heterocycles. The molecule has 0 aliphatic rings. The number of nitrogens with one attached hydrogen (secondary N) is 1. The minimum absolute atomic E-state index is 0.0768. The van der Waals surface area contributed by atoms with Gasteiger partial charge in [-0.15, -0.1) is 0 Å². The molecule has 1 N–H and O–H groups in total. The highest BCUT2D eigenvalue weighted by Crippen LogP contribution is 2.18. The molecule has 1 aromatic heterocycles. The van der Waals surface area contributed by atoms with E-state index in [2.05, 4.69) is 33.6 Å². The lowest BCUT2D eigenvalue weighted by molar-refractivity contribution is -0.184. The van der Waals surface area contributed by atoms with Gasteiger partial charge in [0.05, 0.1) is 11.3 Å². The lowest BCUT2D eigenvalue weighted by Gasteiger charge is -2.27. The number of carbonyl (C=O) groups is 2. The quantitative estimate of drug-likeness (QED) is 0.404. The highest BCUT2D eigenvalue weighted by Gasteiger charge is 2.41. The second-order valence-corrected chi connectivity index (χ2v) is 8.32. The van der Waals surface area contributed by atoms with Crippen LogP contribution in [0.25, 0.3) is 0 Å². The molecule has 0 fully saturated rings. The van der Waals surface area contributed by atoms with E-state index in [0.29, 0.717) is 29.2 Å². The molecular formula is C23H36F3N5O3. The summed E-state index contributed by atoms with van der Waals surface area (Å²) in [5, 5.41) is 3.27. The summed E-state index contributed by atoms with van der Waals surface area (Å²) in [6, 6.07) is 3.12. The number of amides is 1. The molecule has 0 aliphatic carbocycles. The number of rotatable bonds is 14. The van der Waals surface area contributed by atoms with Gasteiger partial charge in [0.15, 0.2) is 0 Å². The standard InChI is InChI=1S/C23H36F3N5O3/c1-7-31(13-12-29(4)5)17(2)15-27-16-20-14-19(8-10-28-20)21(32)34-18(3)9-11-30(6)22(33)23(24,25)26/h8,10,14,18,27H,2,7,9,11-13,15-16H2,1,3-6H3. The maximum atomic E-state index is 12.5. The van der Waals surface area contributed by atoms with E-state index in [9.17, 15) is 22.8 Å². The van der Waals surface area contributed by atoms with Crippen LogP contribution in [0.2, 0.25) is 0 Å². The minimum atomic E-state index is -4.93. The summed E-state index contributed by atoms with van der Waals surface area (Å²) in [4.78, 5) is 32.7. The number of ether oxygens (including phenoxy) is 1. The summed E-state index contributed by atoms with van der Waals surface area (Å²) < 4.78 is 42.7. The van der Waals surface area contributed by atoms with Gasteiger partial charge in [0.1, 0.15) is 6.10 Å². The van der Waals surface area contributed by atoms with E-state index in [-0.39, 0.29) is 13.0 Å². The topological polar surface area (TPSA) is 78.0 Å². The fraction of sp³-hybridized carbons (Fsp3) is 0.609. The third-order valence-corrected chi connectivity index (χ3v) is 5.10. The third-order valence-electron chi connectivity index (χ3n) is 5.10. The lowest BCUT2D eigenvalue weighted by atomic mass is 10.2. The lowest BCUT2D eigenvalue weighted by Crippen LogP contribution is -2.39. The molecular weight excluding hydrogens is 451 g/mol. The van der Waals surface area contributed by atoms with Gasteiger partial charge in [0.2, 0.25) is 0 Å². The van der Waals surface area contributed by atoms with Gasteiger partial charge in [-0.05, 0) is 40.1 Å². The summed E-state index contributed by atoms with van der Waals surface area (Å²) in [7, 11) is 5.10. The first-order valence-corrected chi connectivity index (χ1v) is 11.1. The van der Waals surface area contributed by atoms with Gasteiger partial charge >= 0.3 is 18.1 Å². The SMILES string of the molecule is C=C(CNCc1cc(C(=O)OC(C)CCN(C)C(=O)C(F)(F)F)ccn1)N(CC)CCN(C)C. The van der Waals surface area contributed by atoms with Crippen molar-refractivity contribution in [3.05, 3.63) is 41.9 Å². The summed E-state index contributed by atoms with van der Waals surface area (Å²) in [6.07, 6.45) is -4.02. The first-order valence-electron chi connectivity index (χ1n) is 11.1. The summed E-state index contributed by atoms with van der Waals surface area (Å²) in [5.74, 6) is -2.54. The molecule has 1 heterocycles. The average molecular weight is 488 g/mol. The summed E-state index contributed by atoms with van der Waals surface area (Å²) in [6.45, 7) is 11.2. The Morgan fingerprint density at radius 3 is 2.47 bits per heavy atom. The first kappa shape index (κ1) is 29.4. The second-order valence-electron chi connectivity index (χ2n) is 8.32. The monoisotopic (exact) mass is 487 g/mol. The van der Waals surface area contributed by atoms with Crippen LogP contribution in [-0.2, 0) is 16.1 Å². The van der Waals surface area contributed by atoms with Crippen LogP contribution < -0.4 is 5.32 Å². The molecule has 0 spiro atoms. The number of alkyl halides is 3. The molecule has 34 heavy (non-hydrogen) atoms. The van der Waals surface area contributed by atoms with E-state index in [1.165, 1.54) is 12.3 Å². The number of hydrogen-bond acceptors (Lipinski definition) is 7. The van der Waals surface area contributed by atoms with E-state index in [4.69, 9.17) is 4.74 Å². The van der Waals surface area contributed by atoms with E-state index in [0.717, 1.165) is 32.4 Å². The van der Waals surface area contributed by atoms with Crippen LogP contribution in [0.4, 0.5) is 13.2 Å². The predicted octanol–water partition coefficient (Wildman–Crippen LogP) is 2.52. The predicted molar refractivity (Wildman–Crippen MR) is 124 cm³/mol. The van der Waals surface area contributed by atoms with Crippen LogP contribution in [0, 0.1) is 0 Å². The average Bonchev–Trinajstić information content (AvgIpc) is 2.76. The van der Waals surface area contributed by atoms with Gasteiger partial charge in [-0.3, -0.25) is 9.78 Å². The van der Waals surface area contributed by atoms with Crippen LogP contribution in [0.5, 0.6) is 0 Å². The fourth-order valence-corrected chi connectivity index (χ4v) is 3.01. The van der Waals surface area contributed by atoms with Crippen LogP contribution in [0.3, 0.4) is 0 Å². The molecule has 0 aromatic carbocycles. The summed E-state index contributed by atoms with van der Waals surface area (Å²) in [5.41, 5.74) is 1.89. The molecule has 8 nitrogen and oxygen atoms in total. The van der Waals surface area contributed by atoms with Crippen molar-refractivity contribution in [3.8, 4) is 0 Å². The number of esters is 1. The zero-order valence-electron chi connectivity index (χ0n) is 20.6. The van der Waals surface area contributed by atoms with Gasteiger partial charge < -0.3 is 24.8 Å². The van der Waals surface area contributed by atoms with Crippen LogP contribution in [0.1, 0.15) is 36.3 Å².